The van der Waals surface area contributed by atoms with Crippen molar-refractivity contribution in [2.45, 2.75) is 328 Å². The molecule has 422 valence electrons. The smallest absolute Gasteiger partial charge is 0.387 e. The number of nitrogens with zero attached hydrogens (tertiary/aromatic N) is 1. The van der Waals surface area contributed by atoms with Gasteiger partial charge in [-0.3, -0.25) is 13.8 Å². The Kier molecular flexibility index (Phi) is 53.0. The van der Waals surface area contributed by atoms with Crippen LogP contribution in [0.3, 0.4) is 0 Å². The summed E-state index contributed by atoms with van der Waals surface area (Å²) in [4.78, 5) is 23.3. The fourth-order valence-electron chi connectivity index (χ4n) is 9.53. The lowest BCUT2D eigenvalue weighted by Crippen LogP contribution is -2.45. The Morgan fingerprint density at radius 3 is 1.13 bits per heavy atom. The predicted molar refractivity (Wildman–Crippen MR) is 309 cm³/mol. The summed E-state index contributed by atoms with van der Waals surface area (Å²) < 4.78 is 23.7. The third-order valence-electron chi connectivity index (χ3n) is 14.4. The summed E-state index contributed by atoms with van der Waals surface area (Å²) >= 11 is 0. The van der Waals surface area contributed by atoms with Crippen molar-refractivity contribution >= 4 is 13.7 Å². The molecule has 71 heavy (non-hydrogen) atoms. The van der Waals surface area contributed by atoms with E-state index in [1.54, 1.807) is 6.08 Å². The van der Waals surface area contributed by atoms with E-state index in [0.717, 1.165) is 38.5 Å². The number of hydrogen-bond acceptors (Lipinski definition) is 5. The average Bonchev–Trinajstić information content (AvgIpc) is 3.33. The van der Waals surface area contributed by atoms with Crippen molar-refractivity contribution in [3.05, 3.63) is 24.3 Å². The van der Waals surface area contributed by atoms with Crippen LogP contribution in [0.4, 0.5) is 0 Å². The molecule has 0 rings (SSSR count). The summed E-state index contributed by atoms with van der Waals surface area (Å²) in [7, 11) is 1.57. The van der Waals surface area contributed by atoms with Crippen molar-refractivity contribution in [2.75, 3.05) is 40.9 Å². The van der Waals surface area contributed by atoms with Gasteiger partial charge in [-0.25, -0.2) is 4.57 Å². The van der Waals surface area contributed by atoms with Crippen molar-refractivity contribution < 1.29 is 32.9 Å². The van der Waals surface area contributed by atoms with E-state index in [1.807, 2.05) is 27.2 Å². The molecule has 0 aliphatic rings. The van der Waals surface area contributed by atoms with Crippen LogP contribution < -0.4 is 5.32 Å². The zero-order valence-corrected chi connectivity index (χ0v) is 49.1. The van der Waals surface area contributed by atoms with E-state index < -0.39 is 20.0 Å². The molecule has 8 nitrogen and oxygen atoms in total. The normalized spacial score (nSPS) is 14.0. The second-order valence-corrected chi connectivity index (χ2v) is 24.2. The average molecular weight is 1020 g/mol. The lowest BCUT2D eigenvalue weighted by molar-refractivity contribution is -0.870. The summed E-state index contributed by atoms with van der Waals surface area (Å²) in [6.45, 7) is 4.85. The quantitative estimate of drug-likeness (QED) is 0.0243. The first-order valence-corrected chi connectivity index (χ1v) is 32.7. The Labute approximate surface area is 443 Å². The molecule has 0 saturated heterocycles. The number of unbranched alkanes of at least 4 members (excludes halogenated alkanes) is 43. The molecule has 3 unspecified atom stereocenters. The van der Waals surface area contributed by atoms with Gasteiger partial charge in [0.1, 0.15) is 13.2 Å². The number of hydrogen-bond donors (Lipinski definition) is 3. The lowest BCUT2D eigenvalue weighted by atomic mass is 10.0. The van der Waals surface area contributed by atoms with Gasteiger partial charge in [0.2, 0.25) is 5.91 Å². The van der Waals surface area contributed by atoms with Crippen molar-refractivity contribution in [3.63, 3.8) is 0 Å². The molecule has 3 atom stereocenters. The maximum absolute atomic E-state index is 13.0. The van der Waals surface area contributed by atoms with Crippen molar-refractivity contribution in [2.24, 2.45) is 0 Å². The van der Waals surface area contributed by atoms with Crippen LogP contribution in [0.1, 0.15) is 316 Å². The molecule has 0 aliphatic carbocycles. The molecule has 0 aromatic heterocycles. The Balaban J connectivity index is 4.17. The number of quaternary nitrogens is 1. The maximum Gasteiger partial charge on any atom is 0.472 e. The van der Waals surface area contributed by atoms with E-state index in [1.165, 1.54) is 257 Å². The van der Waals surface area contributed by atoms with Crippen LogP contribution in [0.5, 0.6) is 0 Å². The van der Waals surface area contributed by atoms with Crippen LogP contribution in [0.15, 0.2) is 24.3 Å². The number of aliphatic hydroxyl groups is 1. The summed E-state index contributed by atoms with van der Waals surface area (Å²) in [6, 6.07) is -0.861. The summed E-state index contributed by atoms with van der Waals surface area (Å²) in [5.41, 5.74) is 0. The highest BCUT2D eigenvalue weighted by Crippen LogP contribution is 2.43. The zero-order valence-electron chi connectivity index (χ0n) is 48.2. The minimum Gasteiger partial charge on any atom is -0.387 e. The number of phosphoric ester groups is 1. The molecule has 0 bridgehead atoms. The predicted octanol–water partition coefficient (Wildman–Crippen LogP) is 19.2. The molecular formula is C62H124N2O6P+. The van der Waals surface area contributed by atoms with Crippen LogP contribution in [0.2, 0.25) is 0 Å². The molecule has 3 N–H and O–H groups in total. The van der Waals surface area contributed by atoms with Gasteiger partial charge in [0, 0.05) is 6.42 Å². The van der Waals surface area contributed by atoms with Gasteiger partial charge in [-0.05, 0) is 32.1 Å². The van der Waals surface area contributed by atoms with Gasteiger partial charge in [0.05, 0.1) is 39.9 Å². The minimum absolute atomic E-state index is 0.0589. The second-order valence-electron chi connectivity index (χ2n) is 22.8. The first-order valence-electron chi connectivity index (χ1n) is 31.2. The van der Waals surface area contributed by atoms with Gasteiger partial charge in [0.25, 0.3) is 0 Å². The molecule has 0 radical (unpaired) electrons. The highest BCUT2D eigenvalue weighted by molar-refractivity contribution is 7.47. The fraction of sp³-hybridized carbons (Fsp3) is 0.919. The zero-order chi connectivity index (χ0) is 52.0. The van der Waals surface area contributed by atoms with Crippen molar-refractivity contribution in [1.82, 2.24) is 5.32 Å². The van der Waals surface area contributed by atoms with E-state index in [-0.39, 0.29) is 19.1 Å². The number of phosphoric acid groups is 1. The molecule has 0 saturated carbocycles. The molecule has 0 aromatic carbocycles. The van der Waals surface area contributed by atoms with Crippen LogP contribution in [-0.4, -0.2) is 73.4 Å². The Morgan fingerprint density at radius 1 is 0.465 bits per heavy atom. The Hall–Kier alpha value is -1.02. The first-order chi connectivity index (χ1) is 34.5. The van der Waals surface area contributed by atoms with Gasteiger partial charge in [-0.1, -0.05) is 301 Å². The van der Waals surface area contributed by atoms with Crippen LogP contribution in [0.25, 0.3) is 0 Å². The Morgan fingerprint density at radius 2 is 0.775 bits per heavy atom. The topological polar surface area (TPSA) is 105 Å². The second kappa shape index (κ2) is 53.8. The number of carbonyl (C=O) groups is 1. The molecule has 0 aromatic rings. The molecule has 0 spiro atoms. The van der Waals surface area contributed by atoms with E-state index >= 15 is 0 Å². The number of likely N-dealkylation sites (N-methyl/N-ethyl adjacent to an activating group) is 1. The van der Waals surface area contributed by atoms with E-state index in [4.69, 9.17) is 9.05 Å². The van der Waals surface area contributed by atoms with Gasteiger partial charge >= 0.3 is 7.82 Å². The van der Waals surface area contributed by atoms with Gasteiger partial charge in [-0.15, -0.1) is 0 Å². The Bertz CT molecular complexity index is 1210. The van der Waals surface area contributed by atoms with Gasteiger partial charge in [0.15, 0.2) is 0 Å². The number of allylic oxidation sites excluding steroid dienone is 3. The highest BCUT2D eigenvalue weighted by atomic mass is 31.2. The summed E-state index contributed by atoms with van der Waals surface area (Å²) in [5.74, 6) is -0.180. The molecule has 9 heteroatoms. The SMILES string of the molecule is CCCCCCCCCCCCCCCCCCCCCCC/C=C/CC/C=C/C(O)C(COP(=O)(O)OCC[N+](C)(C)C)NC(=O)CCCCCCCCCCCCCCCCCCCCCCCC. The monoisotopic (exact) mass is 1020 g/mol. The summed E-state index contributed by atoms with van der Waals surface area (Å²) in [5, 5.41) is 14.0. The van der Waals surface area contributed by atoms with E-state index in [0.29, 0.717) is 17.4 Å². The molecule has 0 fully saturated rings. The number of carbonyl (C=O) groups excluding carboxylic acids is 1. The van der Waals surface area contributed by atoms with E-state index in [2.05, 4.69) is 31.3 Å². The number of nitrogens with one attached hydrogen (secondary N) is 1. The summed E-state index contributed by atoms with van der Waals surface area (Å²) in [6.07, 6.45) is 68.7. The first kappa shape index (κ1) is 70.0. The standard InChI is InChI=1S/C62H123N2O6P/c1-6-8-10-12-14-16-18-20-22-24-26-28-30-31-32-33-34-35-37-39-41-43-45-47-49-51-53-55-61(65)60(59-70-71(67,68)69-58-57-64(3,4)5)63-62(66)56-54-52-50-48-46-44-42-40-38-36-29-27-25-23-21-19-17-15-13-11-9-7-2/h45,47,53,55,60-61,65H,6-44,46,48-52,54,56-59H2,1-5H3,(H-,63,66,67,68)/p+1/b47-45+,55-53+. The third kappa shape index (κ3) is 56.5. The molecule has 0 heterocycles. The fourth-order valence-corrected chi connectivity index (χ4v) is 10.3. The maximum atomic E-state index is 13.0. The molecule has 0 aliphatic heterocycles. The number of rotatable bonds is 58. The van der Waals surface area contributed by atoms with Gasteiger partial charge in [-0.2, -0.15) is 0 Å². The van der Waals surface area contributed by atoms with Crippen LogP contribution >= 0.6 is 7.82 Å². The van der Waals surface area contributed by atoms with E-state index in [9.17, 15) is 19.4 Å². The molecular weight excluding hydrogens is 900 g/mol. The van der Waals surface area contributed by atoms with Crippen LogP contribution in [0, 0.1) is 0 Å². The third-order valence-corrected chi connectivity index (χ3v) is 15.4. The van der Waals surface area contributed by atoms with Crippen LogP contribution in [-0.2, 0) is 18.4 Å². The highest BCUT2D eigenvalue weighted by Gasteiger charge is 2.27. The lowest BCUT2D eigenvalue weighted by Gasteiger charge is -2.25. The molecule has 1 amide bonds. The number of aliphatic hydroxyl groups excluding tert-OH is 1. The number of amides is 1. The minimum atomic E-state index is -4.35. The largest absolute Gasteiger partial charge is 0.472 e. The van der Waals surface area contributed by atoms with Crippen molar-refractivity contribution in [1.29, 1.82) is 0 Å². The van der Waals surface area contributed by atoms with Gasteiger partial charge < -0.3 is 19.8 Å². The van der Waals surface area contributed by atoms with Crippen molar-refractivity contribution in [3.8, 4) is 0 Å².